The van der Waals surface area contributed by atoms with E-state index in [9.17, 15) is 0 Å². The van der Waals surface area contributed by atoms with Gasteiger partial charge in [0.05, 0.1) is 4.50 Å². The quantitative estimate of drug-likeness (QED) is 0.115. The third-order valence-corrected chi connectivity index (χ3v) is 17.9. The van der Waals surface area contributed by atoms with E-state index >= 15 is 0 Å². The molecule has 2 heterocycles. The molecule has 0 fully saturated rings. The van der Waals surface area contributed by atoms with Crippen molar-refractivity contribution in [3.8, 4) is 42.4 Å². The molecule has 0 saturated heterocycles. The van der Waals surface area contributed by atoms with Gasteiger partial charge in [0.2, 0.25) is 0 Å². The van der Waals surface area contributed by atoms with Gasteiger partial charge in [-0.05, 0) is 132 Å². The topological polar surface area (TPSA) is 30.9 Å². The Morgan fingerprint density at radius 3 is 1.42 bits per heavy atom. The maximum absolute atomic E-state index is 6.21. The Balaban J connectivity index is 1.09. The first-order valence-corrected chi connectivity index (χ1v) is 23.5. The molecule has 0 bridgehead atoms. The number of rotatable bonds is 12. The van der Waals surface area contributed by atoms with Crippen LogP contribution in [-0.4, -0.2) is 28.6 Å². The molecule has 0 radical (unpaired) electrons. The molecule has 0 atom stereocenters. The highest BCUT2D eigenvalue weighted by molar-refractivity contribution is 7.29. The molecular weight excluding hydrogens is 755 g/mol. The summed E-state index contributed by atoms with van der Waals surface area (Å²) in [5.41, 5.74) is 15.3. The van der Waals surface area contributed by atoms with Crippen LogP contribution in [0.1, 0.15) is 70.7 Å². The predicted octanol–water partition coefficient (Wildman–Crippen LogP) is 13.5. The minimum absolute atomic E-state index is 0.0992. The number of hydrogen-bond donors (Lipinski definition) is 0. The summed E-state index contributed by atoms with van der Waals surface area (Å²) >= 11 is 3.54. The van der Waals surface area contributed by atoms with Crippen LogP contribution in [0.4, 0.5) is 17.1 Å². The summed E-state index contributed by atoms with van der Waals surface area (Å²) < 4.78 is 19.7. The molecule has 0 amide bonds. The van der Waals surface area contributed by atoms with Gasteiger partial charge in [-0.25, -0.2) is 0 Å². The van der Waals surface area contributed by atoms with E-state index in [1.54, 1.807) is 11.3 Å². The molecule has 2 aromatic heterocycles. The molecule has 9 rings (SSSR count). The number of thiophene rings is 2. The van der Waals surface area contributed by atoms with Crippen molar-refractivity contribution >= 4 is 53.0 Å². The molecule has 2 aliphatic rings. The summed E-state index contributed by atoms with van der Waals surface area (Å²) in [6, 6.07) is 49.8. The fourth-order valence-electron chi connectivity index (χ4n) is 9.05. The van der Waals surface area contributed by atoms with Gasteiger partial charge in [-0.2, -0.15) is 0 Å². The van der Waals surface area contributed by atoms with Gasteiger partial charge >= 0.3 is 8.80 Å². The van der Waals surface area contributed by atoms with Crippen molar-refractivity contribution in [3.63, 3.8) is 0 Å². The van der Waals surface area contributed by atoms with Crippen LogP contribution in [0.3, 0.4) is 0 Å². The first kappa shape index (κ1) is 37.9. The van der Waals surface area contributed by atoms with E-state index in [4.69, 9.17) is 13.3 Å². The fraction of sp³-hybridized carbons (Fsp3) is 0.240. The highest BCUT2D eigenvalue weighted by Crippen LogP contribution is 2.53. The maximum atomic E-state index is 6.21. The summed E-state index contributed by atoms with van der Waals surface area (Å²) in [6.45, 7) is 17.1. The van der Waals surface area contributed by atoms with E-state index in [-0.39, 0.29) is 10.8 Å². The molecular formula is C50H49NO3S2Si. The Morgan fingerprint density at radius 2 is 0.895 bits per heavy atom. The van der Waals surface area contributed by atoms with Gasteiger partial charge in [0.25, 0.3) is 0 Å². The second kappa shape index (κ2) is 14.6. The smallest absolute Gasteiger partial charge is 0.370 e. The number of hydrogen-bond acceptors (Lipinski definition) is 6. The van der Waals surface area contributed by atoms with Crippen molar-refractivity contribution in [1.82, 2.24) is 0 Å². The molecule has 0 spiro atoms. The Labute approximate surface area is 346 Å². The summed E-state index contributed by atoms with van der Waals surface area (Å²) in [5.74, 6) is 0. The van der Waals surface area contributed by atoms with E-state index in [1.807, 2.05) is 32.1 Å². The van der Waals surface area contributed by atoms with Crippen LogP contribution in [0.25, 0.3) is 42.4 Å². The Hall–Kier alpha value is -4.60. The number of anilines is 3. The summed E-state index contributed by atoms with van der Waals surface area (Å²) in [6.07, 6.45) is 0. The lowest BCUT2D eigenvalue weighted by molar-refractivity contribution is 0.0866. The molecule has 4 nitrogen and oxygen atoms in total. The molecule has 57 heavy (non-hydrogen) atoms. The lowest BCUT2D eigenvalue weighted by Gasteiger charge is -2.30. The average Bonchev–Trinajstić information content (AvgIpc) is 4.00. The first-order valence-electron chi connectivity index (χ1n) is 20.1. The van der Waals surface area contributed by atoms with E-state index in [1.165, 1.54) is 64.7 Å². The highest BCUT2D eigenvalue weighted by atomic mass is 32.1. The van der Waals surface area contributed by atoms with Crippen LogP contribution in [0.2, 0.25) is 0 Å². The van der Waals surface area contributed by atoms with Crippen molar-refractivity contribution in [2.75, 3.05) is 24.7 Å². The van der Waals surface area contributed by atoms with Crippen LogP contribution < -0.4 is 9.40 Å². The lowest BCUT2D eigenvalue weighted by atomic mass is 9.82. The zero-order valence-electron chi connectivity index (χ0n) is 33.8. The van der Waals surface area contributed by atoms with E-state index in [2.05, 4.69) is 166 Å². The highest BCUT2D eigenvalue weighted by Gasteiger charge is 2.45. The Morgan fingerprint density at radius 1 is 0.456 bits per heavy atom. The van der Waals surface area contributed by atoms with Crippen LogP contribution in [-0.2, 0) is 24.1 Å². The van der Waals surface area contributed by atoms with Crippen molar-refractivity contribution < 1.29 is 13.3 Å². The average molecular weight is 804 g/mol. The van der Waals surface area contributed by atoms with Crippen LogP contribution in [0.5, 0.6) is 0 Å². The van der Waals surface area contributed by atoms with Gasteiger partial charge in [0.1, 0.15) is 0 Å². The van der Waals surface area contributed by atoms with Crippen LogP contribution in [0, 0.1) is 0 Å². The number of fused-ring (bicyclic) bond motifs is 6. The summed E-state index contributed by atoms with van der Waals surface area (Å²) in [5, 5.41) is 0. The van der Waals surface area contributed by atoms with E-state index in [0.717, 1.165) is 21.6 Å². The van der Waals surface area contributed by atoms with Gasteiger partial charge in [-0.3, -0.25) is 0 Å². The molecule has 2 aliphatic carbocycles. The van der Waals surface area contributed by atoms with Crippen LogP contribution in [0.15, 0.2) is 133 Å². The van der Waals surface area contributed by atoms with Gasteiger partial charge in [-0.1, -0.05) is 100 Å². The minimum atomic E-state index is -2.96. The van der Waals surface area contributed by atoms with Crippen molar-refractivity contribution in [3.05, 3.63) is 156 Å². The third kappa shape index (κ3) is 6.27. The second-order valence-electron chi connectivity index (χ2n) is 15.9. The summed E-state index contributed by atoms with van der Waals surface area (Å²) in [7, 11) is -2.96. The largest absolute Gasteiger partial charge is 0.547 e. The second-order valence-corrected chi connectivity index (χ2v) is 20.9. The third-order valence-electron chi connectivity index (χ3n) is 11.8. The van der Waals surface area contributed by atoms with E-state index in [0.29, 0.717) is 19.8 Å². The number of benzene rings is 5. The normalized spacial score (nSPS) is 14.6. The van der Waals surface area contributed by atoms with Crippen LogP contribution >= 0.6 is 22.7 Å². The van der Waals surface area contributed by atoms with Crippen molar-refractivity contribution in [1.29, 1.82) is 0 Å². The van der Waals surface area contributed by atoms with Crippen molar-refractivity contribution in [2.24, 2.45) is 0 Å². The van der Waals surface area contributed by atoms with Gasteiger partial charge in [-0.15, -0.1) is 22.7 Å². The minimum Gasteiger partial charge on any atom is -0.370 e. The zero-order valence-corrected chi connectivity index (χ0v) is 36.4. The number of nitrogens with zero attached hydrogens (tertiary/aromatic N) is 1. The Kier molecular flexibility index (Phi) is 9.75. The van der Waals surface area contributed by atoms with Crippen molar-refractivity contribution in [2.45, 2.75) is 59.3 Å². The molecule has 0 aliphatic heterocycles. The monoisotopic (exact) mass is 803 g/mol. The first-order chi connectivity index (χ1) is 27.6. The predicted molar refractivity (Wildman–Crippen MR) is 243 cm³/mol. The molecule has 0 unspecified atom stereocenters. The maximum Gasteiger partial charge on any atom is 0.547 e. The standard InChI is InChI=1S/C50H49NO3S2Si/c1-8-52-57(53-9-2,54-10-3)48-30-29-47(56-48)46-28-27-45(55-46)33-19-21-34(22-20-33)51(35-23-25-39-37-15-11-13-17-41(37)49(4,5)43(39)31-35)36-24-26-40-38-16-12-14-18-42(38)50(6,7)44(40)32-36/h11-32H,8-10H2,1-7H3. The van der Waals surface area contributed by atoms with Gasteiger partial charge < -0.3 is 18.2 Å². The van der Waals surface area contributed by atoms with Gasteiger partial charge in [0.15, 0.2) is 0 Å². The molecule has 288 valence electrons. The Bertz CT molecular complexity index is 2480. The molecule has 7 heteroatoms. The SMILES string of the molecule is CCO[Si](OCC)(OCC)c1ccc(-c2ccc(-c3ccc(N(c4ccc5c(c4)C(C)(C)c4ccccc4-5)c4ccc5c(c4)C(C)(C)c4ccccc4-5)cc3)s2)s1. The zero-order chi connectivity index (χ0) is 39.5. The molecule has 0 N–H and O–H groups in total. The lowest BCUT2D eigenvalue weighted by Crippen LogP contribution is -2.55. The molecule has 7 aromatic rings. The molecule has 5 aromatic carbocycles. The molecule has 0 saturated carbocycles. The summed E-state index contributed by atoms with van der Waals surface area (Å²) in [4.78, 5) is 6.10. The van der Waals surface area contributed by atoms with E-state index < -0.39 is 8.80 Å². The fourth-order valence-corrected chi connectivity index (χ4v) is 14.4. The van der Waals surface area contributed by atoms with Gasteiger partial charge in [0, 0.05) is 62.3 Å².